The van der Waals surface area contributed by atoms with Gasteiger partial charge < -0.3 is 5.32 Å². The predicted molar refractivity (Wildman–Crippen MR) is 128 cm³/mol. The highest BCUT2D eigenvalue weighted by Crippen LogP contribution is 2.40. The maximum Gasteiger partial charge on any atom is 0.234 e. The molecule has 156 valence electrons. The fourth-order valence-electron chi connectivity index (χ4n) is 3.76. The van der Waals surface area contributed by atoms with Gasteiger partial charge in [0.1, 0.15) is 5.04 Å². The summed E-state index contributed by atoms with van der Waals surface area (Å²) < 4.78 is 0. The average molecular weight is 460 g/mol. The first-order valence-corrected chi connectivity index (χ1v) is 11.8. The smallest absolute Gasteiger partial charge is 0.234 e. The fraction of sp³-hybridized carbons (Fsp3) is 0.348. The van der Waals surface area contributed by atoms with Crippen LogP contribution in [0.15, 0.2) is 58.5 Å². The van der Waals surface area contributed by atoms with E-state index in [4.69, 9.17) is 33.2 Å². The molecule has 1 amide bonds. The van der Waals surface area contributed by atoms with Gasteiger partial charge in [-0.25, -0.2) is 4.99 Å². The Morgan fingerprint density at radius 2 is 1.83 bits per heavy atom. The standard InChI is InChI=1S/C23H23Cl2N3OS/c1-15-9-11-23(12-10-15)27-21(16-5-3-2-4-6-16)22(28-23)30-14-20(29)26-17-7-8-18(24)19(25)13-17/h2-8,13,15H,9-12,14H2,1H3,(H,26,29). The van der Waals surface area contributed by atoms with Crippen LogP contribution in [0.2, 0.25) is 10.0 Å². The first-order valence-electron chi connectivity index (χ1n) is 10.1. The molecule has 1 N–H and O–H groups in total. The van der Waals surface area contributed by atoms with Crippen LogP contribution in [0, 0.1) is 5.92 Å². The molecule has 4 rings (SSSR count). The zero-order chi connectivity index (χ0) is 21.1. The number of thioether (sulfide) groups is 1. The molecule has 1 saturated carbocycles. The third kappa shape index (κ3) is 4.90. The molecule has 2 aromatic rings. The lowest BCUT2D eigenvalue weighted by molar-refractivity contribution is -0.113. The number of hydrogen-bond acceptors (Lipinski definition) is 4. The number of amides is 1. The van der Waals surface area contributed by atoms with Crippen LogP contribution in [0.25, 0.3) is 0 Å². The Kier molecular flexibility index (Phi) is 6.51. The number of carbonyl (C=O) groups excluding carboxylic acids is 1. The van der Waals surface area contributed by atoms with Gasteiger partial charge in [-0.1, -0.05) is 72.2 Å². The van der Waals surface area contributed by atoms with E-state index >= 15 is 0 Å². The molecule has 4 nitrogen and oxygen atoms in total. The molecule has 30 heavy (non-hydrogen) atoms. The summed E-state index contributed by atoms with van der Waals surface area (Å²) >= 11 is 13.4. The molecule has 0 aromatic heterocycles. The van der Waals surface area contributed by atoms with Gasteiger partial charge >= 0.3 is 0 Å². The molecular formula is C23H23Cl2N3OS. The Bertz CT molecular complexity index is 999. The van der Waals surface area contributed by atoms with E-state index in [0.29, 0.717) is 15.7 Å². The number of benzene rings is 2. The molecule has 0 saturated heterocycles. The molecule has 2 aliphatic rings. The van der Waals surface area contributed by atoms with Crippen molar-refractivity contribution in [2.45, 2.75) is 38.3 Å². The Hall–Kier alpha value is -1.82. The first-order chi connectivity index (χ1) is 14.4. The van der Waals surface area contributed by atoms with Crippen molar-refractivity contribution < 1.29 is 4.79 Å². The van der Waals surface area contributed by atoms with E-state index in [9.17, 15) is 4.79 Å². The van der Waals surface area contributed by atoms with Gasteiger partial charge in [-0.3, -0.25) is 9.79 Å². The molecule has 1 aliphatic heterocycles. The Morgan fingerprint density at radius 1 is 1.10 bits per heavy atom. The summed E-state index contributed by atoms with van der Waals surface area (Å²) in [6.45, 7) is 2.29. The number of aliphatic imine (C=N–C) groups is 2. The zero-order valence-corrected chi connectivity index (χ0v) is 19.0. The minimum absolute atomic E-state index is 0.119. The van der Waals surface area contributed by atoms with E-state index < -0.39 is 0 Å². The number of rotatable bonds is 4. The third-order valence-corrected chi connectivity index (χ3v) is 7.20. The molecule has 1 aliphatic carbocycles. The summed E-state index contributed by atoms with van der Waals surface area (Å²) in [6, 6.07) is 15.2. The molecule has 1 heterocycles. The van der Waals surface area contributed by atoms with Gasteiger partial charge in [-0.2, -0.15) is 0 Å². The lowest BCUT2D eigenvalue weighted by Crippen LogP contribution is -2.28. The van der Waals surface area contributed by atoms with Crippen LogP contribution in [-0.2, 0) is 4.79 Å². The number of nitrogens with one attached hydrogen (secondary N) is 1. The topological polar surface area (TPSA) is 53.8 Å². The van der Waals surface area contributed by atoms with E-state index in [0.717, 1.165) is 47.9 Å². The molecule has 7 heteroatoms. The maximum atomic E-state index is 12.5. The van der Waals surface area contributed by atoms with Gasteiger partial charge in [0.2, 0.25) is 5.91 Å². The quantitative estimate of drug-likeness (QED) is 0.568. The number of hydrogen-bond donors (Lipinski definition) is 1. The summed E-state index contributed by atoms with van der Waals surface area (Å²) in [4.78, 5) is 22.6. The minimum Gasteiger partial charge on any atom is -0.325 e. The normalized spacial score (nSPS) is 23.2. The Labute approximate surface area is 191 Å². The molecule has 1 fully saturated rings. The highest BCUT2D eigenvalue weighted by molar-refractivity contribution is 8.16. The van der Waals surface area contributed by atoms with Crippen LogP contribution in [-0.4, -0.2) is 28.1 Å². The summed E-state index contributed by atoms with van der Waals surface area (Å²) in [7, 11) is 0. The predicted octanol–water partition coefficient (Wildman–Crippen LogP) is 6.47. The number of halogens is 2. The van der Waals surface area contributed by atoms with Gasteiger partial charge in [0.15, 0.2) is 5.66 Å². The zero-order valence-electron chi connectivity index (χ0n) is 16.7. The van der Waals surface area contributed by atoms with Gasteiger partial charge in [-0.05, 0) is 49.8 Å². The second-order valence-electron chi connectivity index (χ2n) is 7.87. The van der Waals surface area contributed by atoms with Gasteiger partial charge in [0, 0.05) is 11.3 Å². The van der Waals surface area contributed by atoms with Crippen molar-refractivity contribution in [3.63, 3.8) is 0 Å². The van der Waals surface area contributed by atoms with Crippen LogP contribution >= 0.6 is 35.0 Å². The molecule has 0 bridgehead atoms. The van der Waals surface area contributed by atoms with Gasteiger partial charge in [-0.15, -0.1) is 0 Å². The Balaban J connectivity index is 1.48. The highest BCUT2D eigenvalue weighted by atomic mass is 35.5. The second-order valence-corrected chi connectivity index (χ2v) is 9.65. The monoisotopic (exact) mass is 459 g/mol. The number of anilines is 1. The van der Waals surface area contributed by atoms with Crippen LogP contribution < -0.4 is 5.32 Å². The van der Waals surface area contributed by atoms with E-state index in [1.807, 2.05) is 18.2 Å². The van der Waals surface area contributed by atoms with Crippen LogP contribution in [0.4, 0.5) is 5.69 Å². The summed E-state index contributed by atoms with van der Waals surface area (Å²) in [5.41, 5.74) is 2.21. The van der Waals surface area contributed by atoms with E-state index in [-0.39, 0.29) is 17.3 Å². The maximum absolute atomic E-state index is 12.5. The van der Waals surface area contributed by atoms with Crippen LogP contribution in [0.1, 0.15) is 38.2 Å². The summed E-state index contributed by atoms with van der Waals surface area (Å²) in [5.74, 6) is 0.846. The third-order valence-electron chi connectivity index (χ3n) is 5.50. The highest BCUT2D eigenvalue weighted by Gasteiger charge is 2.39. The molecular weight excluding hydrogens is 437 g/mol. The van der Waals surface area contributed by atoms with E-state index in [2.05, 4.69) is 24.4 Å². The largest absolute Gasteiger partial charge is 0.325 e. The van der Waals surface area contributed by atoms with Gasteiger partial charge in [0.05, 0.1) is 21.5 Å². The SMILES string of the molecule is CC1CCC2(CC1)N=C(SCC(=O)Nc1ccc(Cl)c(Cl)c1)C(c1ccccc1)=N2. The van der Waals surface area contributed by atoms with Crippen molar-refractivity contribution in [3.05, 3.63) is 64.1 Å². The van der Waals surface area contributed by atoms with E-state index in [1.165, 1.54) is 11.8 Å². The summed E-state index contributed by atoms with van der Waals surface area (Å²) in [6.07, 6.45) is 4.18. The van der Waals surface area contributed by atoms with Gasteiger partial charge in [0.25, 0.3) is 0 Å². The molecule has 0 atom stereocenters. The minimum atomic E-state index is -0.361. The molecule has 2 aromatic carbocycles. The fourth-order valence-corrected chi connectivity index (χ4v) is 4.93. The van der Waals surface area contributed by atoms with Crippen molar-refractivity contribution >= 4 is 57.3 Å². The Morgan fingerprint density at radius 3 is 2.53 bits per heavy atom. The lowest BCUT2D eigenvalue weighted by Gasteiger charge is -2.30. The first kappa shape index (κ1) is 21.4. The van der Waals surface area contributed by atoms with Crippen LogP contribution in [0.5, 0.6) is 0 Å². The second kappa shape index (κ2) is 9.13. The van der Waals surface area contributed by atoms with Crippen LogP contribution in [0.3, 0.4) is 0 Å². The number of carbonyl (C=O) groups is 1. The van der Waals surface area contributed by atoms with Crippen molar-refractivity contribution in [2.24, 2.45) is 15.9 Å². The van der Waals surface area contributed by atoms with Crippen molar-refractivity contribution in [2.75, 3.05) is 11.1 Å². The van der Waals surface area contributed by atoms with Crippen molar-refractivity contribution in [1.29, 1.82) is 0 Å². The average Bonchev–Trinajstić information content (AvgIpc) is 3.11. The van der Waals surface area contributed by atoms with Crippen molar-refractivity contribution in [3.8, 4) is 0 Å². The lowest BCUT2D eigenvalue weighted by atomic mass is 9.83. The number of nitrogens with zero attached hydrogens (tertiary/aromatic N) is 2. The molecule has 0 radical (unpaired) electrons. The molecule has 0 unspecified atom stereocenters. The van der Waals surface area contributed by atoms with E-state index in [1.54, 1.807) is 18.2 Å². The summed E-state index contributed by atoms with van der Waals surface area (Å²) in [5, 5.41) is 4.58. The molecule has 1 spiro atoms. The van der Waals surface area contributed by atoms with Crippen molar-refractivity contribution in [1.82, 2.24) is 0 Å².